The van der Waals surface area contributed by atoms with E-state index in [9.17, 15) is 9.59 Å². The number of ether oxygens (including phenoxy) is 1. The Balaban J connectivity index is 2.41. The van der Waals surface area contributed by atoms with E-state index in [0.717, 1.165) is 5.56 Å². The number of rotatable bonds is 5. The van der Waals surface area contributed by atoms with Gasteiger partial charge in [0.15, 0.2) is 0 Å². The number of carbonyl (C=O) groups excluding carboxylic acids is 1. The zero-order chi connectivity index (χ0) is 19.7. The predicted octanol–water partition coefficient (Wildman–Crippen LogP) is 1.22. The summed E-state index contributed by atoms with van der Waals surface area (Å²) >= 11 is 0. The van der Waals surface area contributed by atoms with Gasteiger partial charge in [-0.25, -0.2) is 4.98 Å². The first-order valence-electron chi connectivity index (χ1n) is 8.75. The van der Waals surface area contributed by atoms with Crippen molar-refractivity contribution >= 4 is 22.6 Å². The van der Waals surface area contributed by atoms with Crippen LogP contribution in [-0.2, 0) is 11.3 Å². The van der Waals surface area contributed by atoms with Crippen molar-refractivity contribution in [3.8, 4) is 0 Å². The lowest BCUT2D eigenvalue weighted by Crippen LogP contribution is -2.38. The molecule has 0 aromatic carbocycles. The van der Waals surface area contributed by atoms with Crippen LogP contribution in [0.1, 0.15) is 29.8 Å². The van der Waals surface area contributed by atoms with Crippen LogP contribution in [0.25, 0.3) is 16.7 Å². The van der Waals surface area contributed by atoms with Gasteiger partial charge in [-0.2, -0.15) is 0 Å². The molecule has 3 heterocycles. The number of methoxy groups -OCH3 is 1. The van der Waals surface area contributed by atoms with Gasteiger partial charge in [-0.1, -0.05) is 6.07 Å². The van der Waals surface area contributed by atoms with E-state index < -0.39 is 5.91 Å². The predicted molar refractivity (Wildman–Crippen MR) is 102 cm³/mol. The van der Waals surface area contributed by atoms with E-state index in [2.05, 4.69) is 10.3 Å². The van der Waals surface area contributed by atoms with Gasteiger partial charge in [0.1, 0.15) is 16.8 Å². The van der Waals surface area contributed by atoms with Gasteiger partial charge in [-0.3, -0.25) is 19.4 Å². The first-order chi connectivity index (χ1) is 12.8. The van der Waals surface area contributed by atoms with Gasteiger partial charge in [0, 0.05) is 25.9 Å². The number of hydrogen-bond acceptors (Lipinski definition) is 5. The topological polar surface area (TPSA) is 101 Å². The average molecular weight is 369 g/mol. The number of hydrogen-bond donors (Lipinski definition) is 2. The van der Waals surface area contributed by atoms with Crippen LogP contribution in [0.3, 0.4) is 0 Å². The Hall–Kier alpha value is -3.00. The molecule has 0 fully saturated rings. The minimum absolute atomic E-state index is 0.00235. The summed E-state index contributed by atoms with van der Waals surface area (Å²) in [6.07, 6.45) is 1.65. The lowest BCUT2D eigenvalue weighted by Gasteiger charge is -2.15. The van der Waals surface area contributed by atoms with Crippen LogP contribution in [0, 0.1) is 12.3 Å². The molecule has 0 radical (unpaired) electrons. The third-order valence-electron chi connectivity index (χ3n) is 4.32. The molecule has 0 spiro atoms. The van der Waals surface area contributed by atoms with E-state index in [1.165, 1.54) is 10.5 Å². The second-order valence-corrected chi connectivity index (χ2v) is 6.72. The summed E-state index contributed by atoms with van der Waals surface area (Å²) < 4.78 is 8.16. The first kappa shape index (κ1) is 18.8. The number of amides is 1. The molecule has 8 nitrogen and oxygen atoms in total. The summed E-state index contributed by atoms with van der Waals surface area (Å²) in [5.41, 5.74) is 1.62. The molecule has 2 N–H and O–H groups in total. The van der Waals surface area contributed by atoms with Gasteiger partial charge in [-0.15, -0.1) is 0 Å². The molecule has 27 heavy (non-hydrogen) atoms. The number of carbonyl (C=O) groups is 1. The second kappa shape index (κ2) is 7.32. The molecule has 0 saturated heterocycles. The molecule has 0 atom stereocenters. The second-order valence-electron chi connectivity index (χ2n) is 6.72. The molecule has 0 aliphatic rings. The fourth-order valence-electron chi connectivity index (χ4n) is 3.01. The average Bonchev–Trinajstić information content (AvgIpc) is 2.61. The lowest BCUT2D eigenvalue weighted by molar-refractivity contribution is 0.0940. The monoisotopic (exact) mass is 369 g/mol. The maximum atomic E-state index is 13.1. The number of fused-ring (bicyclic) bond motifs is 2. The van der Waals surface area contributed by atoms with E-state index >= 15 is 0 Å². The summed E-state index contributed by atoms with van der Waals surface area (Å²) in [5.74, 6) is -0.392. The van der Waals surface area contributed by atoms with Crippen LogP contribution >= 0.6 is 0 Å². The van der Waals surface area contributed by atoms with Crippen LogP contribution in [0.4, 0.5) is 0 Å². The van der Waals surface area contributed by atoms with Crippen molar-refractivity contribution < 1.29 is 9.53 Å². The highest BCUT2D eigenvalue weighted by molar-refractivity contribution is 5.97. The highest BCUT2D eigenvalue weighted by atomic mass is 16.5. The number of aryl methyl sites for hydroxylation is 1. The van der Waals surface area contributed by atoms with Crippen molar-refractivity contribution in [1.82, 2.24) is 19.3 Å². The maximum absolute atomic E-state index is 13.1. The summed E-state index contributed by atoms with van der Waals surface area (Å²) in [5, 5.41) is 11.6. The van der Waals surface area contributed by atoms with Crippen molar-refractivity contribution in [3.63, 3.8) is 0 Å². The normalized spacial score (nSPS) is 11.4. The van der Waals surface area contributed by atoms with Crippen molar-refractivity contribution in [2.75, 3.05) is 13.7 Å². The molecule has 3 rings (SSSR count). The Bertz CT molecular complexity index is 1140. The van der Waals surface area contributed by atoms with Crippen LogP contribution in [0.15, 0.2) is 29.2 Å². The molecular weight excluding hydrogens is 346 g/mol. The molecule has 3 aromatic rings. The summed E-state index contributed by atoms with van der Waals surface area (Å²) in [6.45, 7) is 6.19. The minimum Gasteiger partial charge on any atom is -0.383 e. The van der Waals surface area contributed by atoms with E-state index in [1.54, 1.807) is 23.9 Å². The van der Waals surface area contributed by atoms with Crippen LogP contribution in [-0.4, -0.2) is 39.6 Å². The van der Waals surface area contributed by atoms with Crippen LogP contribution < -0.4 is 16.4 Å². The fraction of sp³-hybridized carbons (Fsp3) is 0.368. The molecular formula is C19H23N5O3. The molecule has 3 aromatic heterocycles. The zero-order valence-electron chi connectivity index (χ0n) is 15.9. The van der Waals surface area contributed by atoms with Crippen molar-refractivity contribution in [2.24, 2.45) is 0 Å². The Morgan fingerprint density at radius 2 is 2.11 bits per heavy atom. The van der Waals surface area contributed by atoms with E-state index in [1.807, 2.05) is 26.8 Å². The Kier molecular flexibility index (Phi) is 5.09. The van der Waals surface area contributed by atoms with Crippen LogP contribution in [0.2, 0.25) is 0 Å². The Morgan fingerprint density at radius 3 is 2.78 bits per heavy atom. The van der Waals surface area contributed by atoms with E-state index in [4.69, 9.17) is 10.1 Å². The molecule has 0 aliphatic carbocycles. The molecule has 0 bridgehead atoms. The standard InChI is InChI=1S/C19H23N5O3/c1-11(2)21-18(25)13-10-14-17(23(15(13)20)8-9-27-4)22-16-12(3)6-5-7-24(16)19(14)26/h5-7,10-11,20H,8-9H2,1-4H3,(H,21,25). The Labute approximate surface area is 155 Å². The summed E-state index contributed by atoms with van der Waals surface area (Å²) in [6, 6.07) is 5.03. The number of nitrogens with one attached hydrogen (secondary N) is 2. The number of nitrogens with zero attached hydrogens (tertiary/aromatic N) is 3. The fourth-order valence-corrected chi connectivity index (χ4v) is 3.01. The first-order valence-corrected chi connectivity index (χ1v) is 8.75. The highest BCUT2D eigenvalue weighted by Gasteiger charge is 2.18. The SMILES string of the molecule is COCCn1c(=N)c(C(=O)NC(C)C)cc2c(=O)n3cccc(C)c3nc21. The Morgan fingerprint density at radius 1 is 1.37 bits per heavy atom. The number of pyridine rings is 2. The highest BCUT2D eigenvalue weighted by Crippen LogP contribution is 2.12. The van der Waals surface area contributed by atoms with Gasteiger partial charge in [0.25, 0.3) is 11.5 Å². The minimum atomic E-state index is -0.392. The third-order valence-corrected chi connectivity index (χ3v) is 4.32. The van der Waals surface area contributed by atoms with E-state index in [0.29, 0.717) is 29.8 Å². The smallest absolute Gasteiger partial charge is 0.267 e. The molecule has 0 saturated carbocycles. The quantitative estimate of drug-likeness (QED) is 0.660. The van der Waals surface area contributed by atoms with Gasteiger partial charge in [-0.05, 0) is 38.5 Å². The number of aromatic nitrogens is 3. The third kappa shape index (κ3) is 3.35. The molecule has 8 heteroatoms. The van der Waals surface area contributed by atoms with Crippen molar-refractivity contribution in [2.45, 2.75) is 33.4 Å². The van der Waals surface area contributed by atoms with Gasteiger partial charge in [0.05, 0.1) is 17.6 Å². The molecule has 0 unspecified atom stereocenters. The van der Waals surface area contributed by atoms with Gasteiger partial charge < -0.3 is 14.6 Å². The maximum Gasteiger partial charge on any atom is 0.267 e. The summed E-state index contributed by atoms with van der Waals surface area (Å²) in [4.78, 5) is 30.3. The summed E-state index contributed by atoms with van der Waals surface area (Å²) in [7, 11) is 1.56. The zero-order valence-corrected chi connectivity index (χ0v) is 15.9. The van der Waals surface area contributed by atoms with Crippen molar-refractivity contribution in [3.05, 3.63) is 51.4 Å². The largest absolute Gasteiger partial charge is 0.383 e. The molecule has 0 aliphatic heterocycles. The van der Waals surface area contributed by atoms with Crippen molar-refractivity contribution in [1.29, 1.82) is 5.41 Å². The van der Waals surface area contributed by atoms with E-state index in [-0.39, 0.29) is 22.7 Å². The molecule has 142 valence electrons. The van der Waals surface area contributed by atoms with Crippen LogP contribution in [0.5, 0.6) is 0 Å². The lowest BCUT2D eigenvalue weighted by atomic mass is 10.1. The molecule has 1 amide bonds. The van der Waals surface area contributed by atoms with Gasteiger partial charge >= 0.3 is 0 Å². The van der Waals surface area contributed by atoms with Gasteiger partial charge in [0.2, 0.25) is 0 Å².